The molecule has 0 saturated heterocycles. The van der Waals surface area contributed by atoms with Gasteiger partial charge in [0.15, 0.2) is 0 Å². The van der Waals surface area contributed by atoms with Gasteiger partial charge in [-0.2, -0.15) is 0 Å². The fourth-order valence-electron chi connectivity index (χ4n) is 2.29. The van der Waals surface area contributed by atoms with E-state index in [-0.39, 0.29) is 0 Å². The predicted octanol–water partition coefficient (Wildman–Crippen LogP) is 3.96. The number of hydrogen-bond donors (Lipinski definition) is 1. The van der Waals surface area contributed by atoms with Gasteiger partial charge in [0.1, 0.15) is 0 Å². The van der Waals surface area contributed by atoms with E-state index in [0.717, 1.165) is 16.7 Å². The van der Waals surface area contributed by atoms with Crippen molar-refractivity contribution in [3.63, 3.8) is 0 Å². The van der Waals surface area contributed by atoms with Crippen molar-refractivity contribution in [2.75, 3.05) is 0 Å². The SMILES string of the molecule is CC(C)C[C@H](C(=O)O)c1cncc(-c2ccccc2)c1. The zero-order valence-corrected chi connectivity index (χ0v) is 11.8. The van der Waals surface area contributed by atoms with Crippen molar-refractivity contribution in [1.29, 1.82) is 0 Å². The van der Waals surface area contributed by atoms with Crippen LogP contribution in [-0.2, 0) is 4.79 Å². The minimum Gasteiger partial charge on any atom is -0.481 e. The molecular weight excluding hydrogens is 250 g/mol. The Labute approximate surface area is 119 Å². The van der Waals surface area contributed by atoms with Gasteiger partial charge >= 0.3 is 5.97 Å². The van der Waals surface area contributed by atoms with Crippen molar-refractivity contribution in [3.8, 4) is 11.1 Å². The Morgan fingerprint density at radius 1 is 1.15 bits per heavy atom. The van der Waals surface area contributed by atoms with Crippen LogP contribution >= 0.6 is 0 Å². The van der Waals surface area contributed by atoms with Gasteiger partial charge in [0.25, 0.3) is 0 Å². The second-order valence-corrected chi connectivity index (χ2v) is 5.39. The van der Waals surface area contributed by atoms with E-state index in [2.05, 4.69) is 4.98 Å². The maximum Gasteiger partial charge on any atom is 0.311 e. The molecule has 1 aromatic carbocycles. The molecule has 1 aromatic heterocycles. The van der Waals surface area contributed by atoms with Crippen LogP contribution in [0.15, 0.2) is 48.8 Å². The summed E-state index contributed by atoms with van der Waals surface area (Å²) >= 11 is 0. The maximum atomic E-state index is 11.5. The molecule has 3 heteroatoms. The van der Waals surface area contributed by atoms with Gasteiger partial charge in [0.2, 0.25) is 0 Å². The van der Waals surface area contributed by atoms with Crippen LogP contribution in [-0.4, -0.2) is 16.1 Å². The van der Waals surface area contributed by atoms with Crippen molar-refractivity contribution in [3.05, 3.63) is 54.4 Å². The first-order chi connectivity index (χ1) is 9.58. The van der Waals surface area contributed by atoms with E-state index in [4.69, 9.17) is 0 Å². The summed E-state index contributed by atoms with van der Waals surface area (Å²) in [5.41, 5.74) is 2.78. The Morgan fingerprint density at radius 2 is 1.85 bits per heavy atom. The lowest BCUT2D eigenvalue weighted by atomic mass is 9.90. The smallest absolute Gasteiger partial charge is 0.311 e. The van der Waals surface area contributed by atoms with Crippen LogP contribution in [0.5, 0.6) is 0 Å². The zero-order valence-electron chi connectivity index (χ0n) is 11.8. The fourth-order valence-corrected chi connectivity index (χ4v) is 2.29. The summed E-state index contributed by atoms with van der Waals surface area (Å²) in [5.74, 6) is -0.951. The second-order valence-electron chi connectivity index (χ2n) is 5.39. The molecule has 0 aliphatic rings. The van der Waals surface area contributed by atoms with Crippen LogP contribution in [0, 0.1) is 5.92 Å². The average Bonchev–Trinajstić information content (AvgIpc) is 2.45. The summed E-state index contributed by atoms with van der Waals surface area (Å²) in [6.45, 7) is 4.06. The van der Waals surface area contributed by atoms with E-state index in [0.29, 0.717) is 12.3 Å². The summed E-state index contributed by atoms with van der Waals surface area (Å²) in [4.78, 5) is 15.7. The molecule has 0 spiro atoms. The van der Waals surface area contributed by atoms with Gasteiger partial charge in [-0.1, -0.05) is 44.2 Å². The number of nitrogens with zero attached hydrogens (tertiary/aromatic N) is 1. The molecule has 2 aromatic rings. The Bertz CT molecular complexity index is 579. The number of aromatic nitrogens is 1. The van der Waals surface area contributed by atoms with E-state index in [9.17, 15) is 9.90 Å². The van der Waals surface area contributed by atoms with Crippen LogP contribution in [0.2, 0.25) is 0 Å². The number of benzene rings is 1. The minimum absolute atomic E-state index is 0.330. The number of pyridine rings is 1. The van der Waals surface area contributed by atoms with Gasteiger partial charge in [-0.05, 0) is 29.5 Å². The highest BCUT2D eigenvalue weighted by Crippen LogP contribution is 2.27. The van der Waals surface area contributed by atoms with Gasteiger partial charge in [0.05, 0.1) is 5.92 Å². The molecule has 0 aliphatic heterocycles. The topological polar surface area (TPSA) is 50.2 Å². The second kappa shape index (κ2) is 6.33. The first-order valence-corrected chi connectivity index (χ1v) is 6.81. The van der Waals surface area contributed by atoms with E-state index < -0.39 is 11.9 Å². The van der Waals surface area contributed by atoms with Crippen molar-refractivity contribution >= 4 is 5.97 Å². The van der Waals surface area contributed by atoms with Crippen LogP contribution < -0.4 is 0 Å². The minimum atomic E-state index is -0.786. The van der Waals surface area contributed by atoms with Gasteiger partial charge in [-0.25, -0.2) is 0 Å². The van der Waals surface area contributed by atoms with E-state index in [1.165, 1.54) is 0 Å². The first kappa shape index (κ1) is 14.3. The molecule has 3 nitrogen and oxygen atoms in total. The molecule has 104 valence electrons. The molecule has 0 saturated carbocycles. The molecule has 0 bridgehead atoms. The number of carbonyl (C=O) groups is 1. The predicted molar refractivity (Wildman–Crippen MR) is 79.5 cm³/mol. The summed E-state index contributed by atoms with van der Waals surface area (Å²) < 4.78 is 0. The number of aliphatic carboxylic acids is 1. The van der Waals surface area contributed by atoms with Crippen LogP contribution in [0.3, 0.4) is 0 Å². The summed E-state index contributed by atoms with van der Waals surface area (Å²) in [5, 5.41) is 9.41. The zero-order chi connectivity index (χ0) is 14.5. The molecule has 0 aliphatic carbocycles. The molecule has 1 atom stereocenters. The third-order valence-electron chi connectivity index (χ3n) is 3.27. The standard InChI is InChI=1S/C17H19NO2/c1-12(2)8-16(17(19)20)15-9-14(10-18-11-15)13-6-4-3-5-7-13/h3-7,9-12,16H,8H2,1-2H3,(H,19,20)/t16-/m0/s1. The Kier molecular flexibility index (Phi) is 4.51. The number of hydrogen-bond acceptors (Lipinski definition) is 2. The quantitative estimate of drug-likeness (QED) is 0.893. The van der Waals surface area contributed by atoms with Crippen LogP contribution in [0.4, 0.5) is 0 Å². The molecule has 2 rings (SSSR count). The van der Waals surface area contributed by atoms with Crippen molar-refractivity contribution in [2.24, 2.45) is 5.92 Å². The molecule has 0 unspecified atom stereocenters. The number of rotatable bonds is 5. The molecular formula is C17H19NO2. The Balaban J connectivity index is 2.35. The normalized spacial score (nSPS) is 12.3. The van der Waals surface area contributed by atoms with E-state index >= 15 is 0 Å². The fraction of sp³-hybridized carbons (Fsp3) is 0.294. The highest BCUT2D eigenvalue weighted by Gasteiger charge is 2.21. The highest BCUT2D eigenvalue weighted by molar-refractivity contribution is 5.77. The van der Waals surface area contributed by atoms with E-state index in [1.54, 1.807) is 12.4 Å². The molecule has 20 heavy (non-hydrogen) atoms. The van der Waals surface area contributed by atoms with E-state index in [1.807, 2.05) is 50.2 Å². The van der Waals surface area contributed by atoms with Crippen LogP contribution in [0.25, 0.3) is 11.1 Å². The van der Waals surface area contributed by atoms with Gasteiger partial charge in [0, 0.05) is 18.0 Å². The monoisotopic (exact) mass is 269 g/mol. The maximum absolute atomic E-state index is 11.5. The Morgan fingerprint density at radius 3 is 2.45 bits per heavy atom. The average molecular weight is 269 g/mol. The first-order valence-electron chi connectivity index (χ1n) is 6.81. The van der Waals surface area contributed by atoms with Crippen molar-refractivity contribution in [1.82, 2.24) is 4.98 Å². The van der Waals surface area contributed by atoms with Gasteiger partial charge in [-0.15, -0.1) is 0 Å². The Hall–Kier alpha value is -2.16. The van der Waals surface area contributed by atoms with Crippen molar-refractivity contribution in [2.45, 2.75) is 26.2 Å². The van der Waals surface area contributed by atoms with Gasteiger partial charge < -0.3 is 5.11 Å². The third kappa shape index (κ3) is 3.44. The summed E-state index contributed by atoms with van der Waals surface area (Å²) in [7, 11) is 0. The molecule has 0 amide bonds. The van der Waals surface area contributed by atoms with Crippen LogP contribution in [0.1, 0.15) is 31.7 Å². The largest absolute Gasteiger partial charge is 0.481 e. The molecule has 0 fully saturated rings. The van der Waals surface area contributed by atoms with Crippen molar-refractivity contribution < 1.29 is 9.90 Å². The van der Waals surface area contributed by atoms with Gasteiger partial charge in [-0.3, -0.25) is 9.78 Å². The summed E-state index contributed by atoms with van der Waals surface area (Å²) in [6.07, 6.45) is 4.05. The summed E-state index contributed by atoms with van der Waals surface area (Å²) in [6, 6.07) is 11.8. The lowest BCUT2D eigenvalue weighted by Crippen LogP contribution is -2.14. The lowest BCUT2D eigenvalue weighted by Gasteiger charge is -2.15. The number of carboxylic acid groups (broad SMARTS) is 1. The molecule has 1 N–H and O–H groups in total. The number of carboxylic acids is 1. The lowest BCUT2D eigenvalue weighted by molar-refractivity contribution is -0.139. The third-order valence-corrected chi connectivity index (χ3v) is 3.27. The molecule has 0 radical (unpaired) electrons. The molecule has 1 heterocycles. The highest BCUT2D eigenvalue weighted by atomic mass is 16.4.